The molecule has 0 bridgehead atoms. The van der Waals surface area contributed by atoms with Crippen LogP contribution in [0, 0.1) is 17.5 Å². The van der Waals surface area contributed by atoms with E-state index in [9.17, 15) is 13.2 Å². The Morgan fingerprint density at radius 1 is 1.03 bits per heavy atom. The molecule has 31 heavy (non-hydrogen) atoms. The van der Waals surface area contributed by atoms with Crippen LogP contribution in [0.4, 0.5) is 24.7 Å². The van der Waals surface area contributed by atoms with Gasteiger partial charge in [0, 0.05) is 41.6 Å². The molecule has 5 nitrogen and oxygen atoms in total. The van der Waals surface area contributed by atoms with E-state index in [0.29, 0.717) is 48.2 Å². The standard InChI is InChI=1S/C23H24F3N5/c1-14(23(2,3)27)30-8-9-31-20(13-30)29-21(15-10-17(25)12-18(26)11-15)22(31)28-19-6-4-16(24)5-7-19/h4-7,10-12,28H,1,8-9,13,27H2,2-3H3. The Labute approximate surface area is 179 Å². The summed E-state index contributed by atoms with van der Waals surface area (Å²) in [5, 5.41) is 3.24. The molecule has 0 aliphatic carbocycles. The van der Waals surface area contributed by atoms with E-state index in [2.05, 4.69) is 16.8 Å². The third-order valence-electron chi connectivity index (χ3n) is 5.34. The molecule has 0 amide bonds. The molecule has 3 aromatic rings. The van der Waals surface area contributed by atoms with Gasteiger partial charge in [-0.05, 0) is 50.2 Å². The van der Waals surface area contributed by atoms with Crippen LogP contribution in [0.3, 0.4) is 0 Å². The number of nitrogens with one attached hydrogen (secondary N) is 1. The fraction of sp³-hybridized carbons (Fsp3) is 0.261. The van der Waals surface area contributed by atoms with Gasteiger partial charge in [-0.3, -0.25) is 0 Å². The van der Waals surface area contributed by atoms with Crippen LogP contribution in [0.2, 0.25) is 0 Å². The molecule has 0 saturated heterocycles. The molecule has 162 valence electrons. The van der Waals surface area contributed by atoms with Gasteiger partial charge in [0.05, 0.1) is 6.54 Å². The van der Waals surface area contributed by atoms with Crippen LogP contribution in [-0.4, -0.2) is 26.5 Å². The van der Waals surface area contributed by atoms with Gasteiger partial charge in [-0.2, -0.15) is 0 Å². The van der Waals surface area contributed by atoms with Crippen molar-refractivity contribution in [1.82, 2.24) is 14.5 Å². The number of anilines is 2. The number of fused-ring (bicyclic) bond motifs is 1. The zero-order valence-corrected chi connectivity index (χ0v) is 17.4. The van der Waals surface area contributed by atoms with Gasteiger partial charge in [-0.25, -0.2) is 18.2 Å². The molecule has 0 spiro atoms. The highest BCUT2D eigenvalue weighted by molar-refractivity contribution is 5.76. The fourth-order valence-electron chi connectivity index (χ4n) is 3.66. The second-order valence-electron chi connectivity index (χ2n) is 8.26. The van der Waals surface area contributed by atoms with E-state index >= 15 is 0 Å². The van der Waals surface area contributed by atoms with Gasteiger partial charge in [0.15, 0.2) is 0 Å². The van der Waals surface area contributed by atoms with Crippen molar-refractivity contribution >= 4 is 11.5 Å². The second kappa shape index (κ2) is 7.77. The first kappa shape index (κ1) is 21.0. The lowest BCUT2D eigenvalue weighted by Crippen LogP contribution is -2.45. The zero-order chi connectivity index (χ0) is 22.3. The van der Waals surface area contributed by atoms with Crippen LogP contribution in [-0.2, 0) is 13.1 Å². The zero-order valence-electron chi connectivity index (χ0n) is 17.4. The Kier molecular flexibility index (Phi) is 5.26. The minimum atomic E-state index is -0.686. The highest BCUT2D eigenvalue weighted by Crippen LogP contribution is 2.35. The average molecular weight is 427 g/mol. The highest BCUT2D eigenvalue weighted by Gasteiger charge is 2.29. The van der Waals surface area contributed by atoms with Crippen molar-refractivity contribution in [2.24, 2.45) is 5.73 Å². The topological polar surface area (TPSA) is 59.1 Å². The van der Waals surface area contributed by atoms with E-state index in [0.717, 1.165) is 11.8 Å². The number of nitrogens with two attached hydrogens (primary N) is 1. The highest BCUT2D eigenvalue weighted by atomic mass is 19.1. The number of halogens is 3. The summed E-state index contributed by atoms with van der Waals surface area (Å²) >= 11 is 0. The van der Waals surface area contributed by atoms with Crippen molar-refractivity contribution < 1.29 is 13.2 Å². The first-order valence-corrected chi connectivity index (χ1v) is 9.93. The van der Waals surface area contributed by atoms with Crippen LogP contribution in [0.5, 0.6) is 0 Å². The second-order valence-corrected chi connectivity index (χ2v) is 8.26. The van der Waals surface area contributed by atoms with Gasteiger partial charge >= 0.3 is 0 Å². The van der Waals surface area contributed by atoms with Crippen molar-refractivity contribution in [3.63, 3.8) is 0 Å². The number of nitrogens with zero attached hydrogens (tertiary/aromatic N) is 3. The van der Waals surface area contributed by atoms with Crippen LogP contribution >= 0.6 is 0 Å². The molecule has 0 radical (unpaired) electrons. The summed E-state index contributed by atoms with van der Waals surface area (Å²) in [6, 6.07) is 9.18. The first-order chi connectivity index (χ1) is 14.6. The van der Waals surface area contributed by atoms with E-state index in [4.69, 9.17) is 10.7 Å². The first-order valence-electron chi connectivity index (χ1n) is 9.93. The Bertz CT molecular complexity index is 1110. The molecular formula is C23H24F3N5. The number of hydrogen-bond acceptors (Lipinski definition) is 4. The van der Waals surface area contributed by atoms with Crippen molar-refractivity contribution in [2.75, 3.05) is 11.9 Å². The lowest BCUT2D eigenvalue weighted by molar-refractivity contribution is 0.243. The van der Waals surface area contributed by atoms with Crippen LogP contribution in [0.15, 0.2) is 54.7 Å². The van der Waals surface area contributed by atoms with Gasteiger partial charge < -0.3 is 20.5 Å². The van der Waals surface area contributed by atoms with Crippen LogP contribution in [0.1, 0.15) is 19.7 Å². The normalized spacial score (nSPS) is 13.8. The van der Waals surface area contributed by atoms with E-state index in [1.807, 2.05) is 18.4 Å². The Balaban J connectivity index is 1.78. The monoisotopic (exact) mass is 427 g/mol. The molecule has 2 heterocycles. The lowest BCUT2D eigenvalue weighted by Gasteiger charge is -2.37. The SMILES string of the molecule is C=C(N1CCn2c(nc(-c3cc(F)cc(F)c3)c2Nc2ccc(F)cc2)C1)C(C)(C)N. The summed E-state index contributed by atoms with van der Waals surface area (Å²) in [5.74, 6) is -0.432. The molecule has 3 N–H and O–H groups in total. The molecule has 0 unspecified atom stereocenters. The molecule has 1 aliphatic rings. The van der Waals surface area contributed by atoms with Crippen molar-refractivity contribution in [1.29, 1.82) is 0 Å². The van der Waals surface area contributed by atoms with Gasteiger partial charge in [0.2, 0.25) is 0 Å². The van der Waals surface area contributed by atoms with Crippen LogP contribution in [0.25, 0.3) is 11.3 Å². The predicted molar refractivity (Wildman–Crippen MR) is 115 cm³/mol. The summed E-state index contributed by atoms with van der Waals surface area (Å²) in [6.07, 6.45) is 0. The molecule has 4 rings (SSSR count). The van der Waals surface area contributed by atoms with Crippen molar-refractivity contribution in [2.45, 2.75) is 32.5 Å². The Morgan fingerprint density at radius 2 is 1.68 bits per heavy atom. The van der Waals surface area contributed by atoms with Crippen molar-refractivity contribution in [3.05, 3.63) is 78.0 Å². The number of imidazole rings is 1. The van der Waals surface area contributed by atoms with E-state index in [1.165, 1.54) is 24.3 Å². The minimum absolute atomic E-state index is 0.313. The number of benzene rings is 2. The van der Waals surface area contributed by atoms with Gasteiger partial charge in [0.25, 0.3) is 0 Å². The quantitative estimate of drug-likeness (QED) is 0.615. The average Bonchev–Trinajstić information content (AvgIpc) is 3.05. The molecule has 0 saturated carbocycles. The van der Waals surface area contributed by atoms with Gasteiger partial charge in [-0.1, -0.05) is 6.58 Å². The summed E-state index contributed by atoms with van der Waals surface area (Å²) in [5.41, 5.74) is 7.77. The molecule has 2 aromatic carbocycles. The molecular weight excluding hydrogens is 403 g/mol. The largest absolute Gasteiger partial charge is 0.365 e. The van der Waals surface area contributed by atoms with E-state index in [-0.39, 0.29) is 5.82 Å². The number of aromatic nitrogens is 2. The maximum atomic E-state index is 13.9. The van der Waals surface area contributed by atoms with E-state index in [1.54, 1.807) is 12.1 Å². The predicted octanol–water partition coefficient (Wildman–Crippen LogP) is 4.78. The van der Waals surface area contributed by atoms with Crippen LogP contribution < -0.4 is 11.1 Å². The molecule has 0 fully saturated rings. The maximum absolute atomic E-state index is 13.9. The van der Waals surface area contributed by atoms with E-state index < -0.39 is 17.2 Å². The van der Waals surface area contributed by atoms with Gasteiger partial charge in [-0.15, -0.1) is 0 Å². The summed E-state index contributed by atoms with van der Waals surface area (Å²) in [6.45, 7) is 9.57. The summed E-state index contributed by atoms with van der Waals surface area (Å²) in [7, 11) is 0. The number of hydrogen-bond donors (Lipinski definition) is 2. The molecule has 0 atom stereocenters. The maximum Gasteiger partial charge on any atom is 0.138 e. The fourth-order valence-corrected chi connectivity index (χ4v) is 3.66. The Morgan fingerprint density at radius 3 is 2.29 bits per heavy atom. The smallest absolute Gasteiger partial charge is 0.138 e. The van der Waals surface area contributed by atoms with Gasteiger partial charge in [0.1, 0.15) is 34.8 Å². The lowest BCUT2D eigenvalue weighted by atomic mass is 10.0. The molecule has 1 aromatic heterocycles. The minimum Gasteiger partial charge on any atom is -0.365 e. The summed E-state index contributed by atoms with van der Waals surface area (Å²) in [4.78, 5) is 6.76. The third-order valence-corrected chi connectivity index (χ3v) is 5.34. The molecule has 1 aliphatic heterocycles. The summed E-state index contributed by atoms with van der Waals surface area (Å²) < 4.78 is 43.2. The van der Waals surface area contributed by atoms with Crippen molar-refractivity contribution in [3.8, 4) is 11.3 Å². The Hall–Kier alpha value is -3.26. The third kappa shape index (κ3) is 4.29. The number of rotatable bonds is 5. The molecule has 8 heteroatoms.